The van der Waals surface area contributed by atoms with Gasteiger partial charge in [-0.1, -0.05) is 41.4 Å². The summed E-state index contributed by atoms with van der Waals surface area (Å²) < 4.78 is 73.7. The molecule has 0 spiro atoms. The van der Waals surface area contributed by atoms with Crippen LogP contribution in [0.2, 0.25) is 10.0 Å². The number of hydrogen-bond donors (Lipinski definition) is 2. The number of rotatable bonds is 6. The number of nitrogens with one attached hydrogen (secondary N) is 1. The standard InChI is InChI=1S/C25H19Cl2F5N2O4/c26-12-6-7-15(17(28)8-12)24(10-33)18(13-2-1-3-16(27)19(13)29)20(22(36)38-23(37)25(30,31)32)34-21(24)14(9-35)11-4-5-11/h1-3,6-8,11,14,18,20-21,34-35H,4-5,9H2/t14?,18-,20+,21-,24+/m0/s1. The summed E-state index contributed by atoms with van der Waals surface area (Å²) in [6.07, 6.45) is -4.29. The number of esters is 2. The fraction of sp³-hybridized carbons (Fsp3) is 0.400. The summed E-state index contributed by atoms with van der Waals surface area (Å²) in [6.45, 7) is -0.547. The Morgan fingerprint density at radius 3 is 2.45 bits per heavy atom. The van der Waals surface area contributed by atoms with Gasteiger partial charge >= 0.3 is 18.1 Å². The molecule has 0 amide bonds. The molecule has 6 nitrogen and oxygen atoms in total. The Morgan fingerprint density at radius 2 is 1.89 bits per heavy atom. The van der Waals surface area contributed by atoms with Crippen molar-refractivity contribution in [3.63, 3.8) is 0 Å². The SMILES string of the molecule is N#C[C@]1(c2ccc(Cl)cc2F)[C@H](C(CO)C2CC2)N[C@@H](C(=O)OC(=O)C(F)(F)F)[C@@H]1c1cccc(Cl)c1F. The number of ether oxygens (including phenoxy) is 1. The first-order valence-electron chi connectivity index (χ1n) is 11.4. The Labute approximate surface area is 223 Å². The van der Waals surface area contributed by atoms with Gasteiger partial charge in [0.05, 0.1) is 11.1 Å². The van der Waals surface area contributed by atoms with E-state index in [0.717, 1.165) is 18.2 Å². The normalized spacial score (nSPS) is 26.0. The first-order chi connectivity index (χ1) is 17.9. The maximum atomic E-state index is 15.5. The van der Waals surface area contributed by atoms with Crippen molar-refractivity contribution in [2.24, 2.45) is 11.8 Å². The number of carbonyl (C=O) groups excluding carboxylic acids is 2. The molecule has 202 valence electrons. The van der Waals surface area contributed by atoms with Crippen LogP contribution in [0.15, 0.2) is 36.4 Å². The second-order valence-electron chi connectivity index (χ2n) is 9.24. The van der Waals surface area contributed by atoms with Gasteiger partial charge in [0, 0.05) is 35.1 Å². The van der Waals surface area contributed by atoms with Crippen LogP contribution in [0, 0.1) is 34.8 Å². The number of halogens is 7. The number of benzene rings is 2. The monoisotopic (exact) mass is 576 g/mol. The van der Waals surface area contributed by atoms with Crippen molar-refractivity contribution in [3.8, 4) is 6.07 Å². The maximum absolute atomic E-state index is 15.5. The Bertz CT molecular complexity index is 1310. The van der Waals surface area contributed by atoms with Gasteiger partial charge < -0.3 is 9.84 Å². The van der Waals surface area contributed by atoms with E-state index in [-0.39, 0.29) is 16.5 Å². The summed E-state index contributed by atoms with van der Waals surface area (Å²) in [5.41, 5.74) is -2.94. The number of aliphatic hydroxyl groups excluding tert-OH is 1. The molecule has 1 aliphatic carbocycles. The number of nitriles is 1. The zero-order valence-electron chi connectivity index (χ0n) is 19.2. The summed E-state index contributed by atoms with van der Waals surface area (Å²) in [4.78, 5) is 24.6. The lowest BCUT2D eigenvalue weighted by atomic mass is 9.62. The van der Waals surface area contributed by atoms with E-state index in [0.29, 0.717) is 12.8 Å². The van der Waals surface area contributed by atoms with Gasteiger partial charge in [-0.25, -0.2) is 18.4 Å². The van der Waals surface area contributed by atoms with Crippen LogP contribution < -0.4 is 5.32 Å². The second kappa shape index (κ2) is 10.4. The van der Waals surface area contributed by atoms with E-state index >= 15 is 8.78 Å². The van der Waals surface area contributed by atoms with Crippen molar-refractivity contribution in [3.05, 3.63) is 69.2 Å². The molecule has 38 heavy (non-hydrogen) atoms. The number of hydrogen-bond acceptors (Lipinski definition) is 6. The number of carbonyl (C=O) groups is 2. The fourth-order valence-corrected chi connectivity index (χ4v) is 5.69. The van der Waals surface area contributed by atoms with Gasteiger partial charge in [-0.2, -0.15) is 18.4 Å². The van der Waals surface area contributed by atoms with Crippen LogP contribution in [0.4, 0.5) is 22.0 Å². The second-order valence-corrected chi connectivity index (χ2v) is 10.1. The molecule has 2 aliphatic rings. The average Bonchev–Trinajstić information content (AvgIpc) is 3.62. The molecule has 1 saturated heterocycles. The van der Waals surface area contributed by atoms with E-state index in [1.807, 2.05) is 6.07 Å². The molecule has 0 radical (unpaired) electrons. The summed E-state index contributed by atoms with van der Waals surface area (Å²) in [6, 6.07) is 5.64. The zero-order chi connectivity index (χ0) is 28.0. The van der Waals surface area contributed by atoms with Gasteiger partial charge in [0.25, 0.3) is 0 Å². The molecular formula is C25H19Cl2F5N2O4. The highest BCUT2D eigenvalue weighted by molar-refractivity contribution is 6.31. The van der Waals surface area contributed by atoms with Crippen LogP contribution in [-0.4, -0.2) is 41.9 Å². The molecule has 2 N–H and O–H groups in total. The van der Waals surface area contributed by atoms with Crippen molar-refractivity contribution in [1.82, 2.24) is 5.32 Å². The molecule has 1 saturated carbocycles. The van der Waals surface area contributed by atoms with Gasteiger partial charge in [0.15, 0.2) is 0 Å². The van der Waals surface area contributed by atoms with Crippen LogP contribution in [0.5, 0.6) is 0 Å². The third-order valence-electron chi connectivity index (χ3n) is 7.10. The summed E-state index contributed by atoms with van der Waals surface area (Å²) in [7, 11) is 0. The maximum Gasteiger partial charge on any atom is 0.491 e. The van der Waals surface area contributed by atoms with E-state index in [2.05, 4.69) is 10.1 Å². The molecule has 1 heterocycles. The zero-order valence-corrected chi connectivity index (χ0v) is 20.7. The minimum atomic E-state index is -5.53. The van der Waals surface area contributed by atoms with Gasteiger partial charge in [0.1, 0.15) is 23.1 Å². The summed E-state index contributed by atoms with van der Waals surface area (Å²) >= 11 is 11.9. The lowest BCUT2D eigenvalue weighted by Gasteiger charge is -2.38. The van der Waals surface area contributed by atoms with Crippen molar-refractivity contribution >= 4 is 35.1 Å². The fourth-order valence-electron chi connectivity index (χ4n) is 5.35. The predicted molar refractivity (Wildman–Crippen MR) is 124 cm³/mol. The van der Waals surface area contributed by atoms with Crippen molar-refractivity contribution < 1.29 is 41.4 Å². The first kappa shape index (κ1) is 28.2. The van der Waals surface area contributed by atoms with Crippen molar-refractivity contribution in [2.75, 3.05) is 6.61 Å². The first-order valence-corrected chi connectivity index (χ1v) is 12.1. The highest BCUT2D eigenvalue weighted by atomic mass is 35.5. The van der Waals surface area contributed by atoms with Crippen molar-refractivity contribution in [1.29, 1.82) is 5.26 Å². The third kappa shape index (κ3) is 4.86. The molecule has 2 fully saturated rings. The molecule has 2 aromatic carbocycles. The van der Waals surface area contributed by atoms with E-state index in [1.54, 1.807) is 0 Å². The highest BCUT2D eigenvalue weighted by Crippen LogP contribution is 2.55. The van der Waals surface area contributed by atoms with E-state index in [1.165, 1.54) is 18.2 Å². The van der Waals surface area contributed by atoms with Crippen LogP contribution in [0.3, 0.4) is 0 Å². The molecule has 13 heteroatoms. The number of aliphatic hydroxyl groups is 1. The van der Waals surface area contributed by atoms with Crippen LogP contribution in [0.1, 0.15) is 29.9 Å². The summed E-state index contributed by atoms with van der Waals surface area (Å²) in [5, 5.41) is 23.1. The minimum Gasteiger partial charge on any atom is -0.396 e. The quantitative estimate of drug-likeness (QED) is 0.291. The van der Waals surface area contributed by atoms with Crippen LogP contribution >= 0.6 is 23.2 Å². The molecular weight excluding hydrogens is 558 g/mol. The molecule has 1 aliphatic heterocycles. The topological polar surface area (TPSA) is 99.4 Å². The highest BCUT2D eigenvalue weighted by Gasteiger charge is 2.64. The molecule has 1 unspecified atom stereocenters. The van der Waals surface area contributed by atoms with Gasteiger partial charge in [0.2, 0.25) is 0 Å². The minimum absolute atomic E-state index is 0.0417. The van der Waals surface area contributed by atoms with Crippen LogP contribution in [-0.2, 0) is 19.7 Å². The van der Waals surface area contributed by atoms with Crippen molar-refractivity contribution in [2.45, 2.75) is 42.4 Å². The molecule has 4 rings (SSSR count). The lowest BCUT2D eigenvalue weighted by molar-refractivity contribution is -0.202. The van der Waals surface area contributed by atoms with Gasteiger partial charge in [-0.15, -0.1) is 0 Å². The Hall–Kier alpha value is -2.78. The van der Waals surface area contributed by atoms with E-state index in [4.69, 9.17) is 23.2 Å². The van der Waals surface area contributed by atoms with Gasteiger partial charge in [-0.05, 0) is 42.5 Å². The van der Waals surface area contributed by atoms with Gasteiger partial charge in [-0.3, -0.25) is 5.32 Å². The summed E-state index contributed by atoms with van der Waals surface area (Å²) in [5.74, 6) is -9.43. The molecule has 2 aromatic rings. The smallest absolute Gasteiger partial charge is 0.396 e. The largest absolute Gasteiger partial charge is 0.491 e. The number of alkyl halides is 3. The molecule has 5 atom stereocenters. The Balaban J connectivity index is 1.99. The predicted octanol–water partition coefficient (Wildman–Crippen LogP) is 4.81. The third-order valence-corrected chi connectivity index (χ3v) is 7.62. The molecule has 0 aromatic heterocycles. The van der Waals surface area contributed by atoms with Crippen LogP contribution in [0.25, 0.3) is 0 Å². The Kier molecular flexibility index (Phi) is 7.74. The lowest BCUT2D eigenvalue weighted by Crippen LogP contribution is -2.49. The Morgan fingerprint density at radius 1 is 1.21 bits per heavy atom. The number of nitrogens with zero attached hydrogens (tertiary/aromatic N) is 1. The average molecular weight is 577 g/mol. The van der Waals surface area contributed by atoms with E-state index in [9.17, 15) is 33.1 Å². The molecule has 0 bridgehead atoms. The van der Waals surface area contributed by atoms with E-state index < -0.39 is 76.3 Å².